The molecule has 0 spiro atoms. The zero-order chi connectivity index (χ0) is 13.3. The maximum absolute atomic E-state index is 12.2. The Morgan fingerprint density at radius 1 is 1.41 bits per heavy atom. The molecule has 4 nitrogen and oxygen atoms in total. The predicted octanol–water partition coefficient (Wildman–Crippen LogP) is 2.00. The summed E-state index contributed by atoms with van der Waals surface area (Å²) in [4.78, 5) is 3.08. The number of rotatable bonds is 2. The van der Waals surface area contributed by atoms with Crippen LogP contribution in [0.5, 0.6) is 0 Å². The van der Waals surface area contributed by atoms with Gasteiger partial charge in [-0.15, -0.1) is 0 Å². The molecule has 94 valence electrons. The topological polar surface area (TPSA) is 67.3 Å². The molecule has 0 saturated carbocycles. The van der Waals surface area contributed by atoms with Crippen molar-refractivity contribution in [2.24, 2.45) is 0 Å². The highest BCUT2D eigenvalue weighted by Gasteiger charge is 2.32. The fourth-order valence-electron chi connectivity index (χ4n) is 0.984. The molecule has 1 aromatic heterocycles. The van der Waals surface area contributed by atoms with Crippen LogP contribution >= 0.6 is 0 Å². The standard InChI is InChI=1S/C9H8F3NO3S/c1-17(15,16)5-7(14)6-2-3-8(13-4-6)9(10,11)12/h2-5,14H,1H3. The molecule has 0 atom stereocenters. The lowest BCUT2D eigenvalue weighted by Crippen LogP contribution is -2.07. The summed E-state index contributed by atoms with van der Waals surface area (Å²) in [6.45, 7) is 0. The van der Waals surface area contributed by atoms with E-state index in [-0.39, 0.29) is 5.56 Å². The van der Waals surface area contributed by atoms with Crippen molar-refractivity contribution in [1.82, 2.24) is 4.98 Å². The van der Waals surface area contributed by atoms with Crippen LogP contribution in [0.2, 0.25) is 0 Å². The Kier molecular flexibility index (Phi) is 3.46. The number of aliphatic hydroxyl groups is 1. The number of hydrogen-bond donors (Lipinski definition) is 1. The van der Waals surface area contributed by atoms with Crippen molar-refractivity contribution in [3.05, 3.63) is 35.0 Å². The Balaban J connectivity index is 3.08. The molecule has 0 saturated heterocycles. The lowest BCUT2D eigenvalue weighted by atomic mass is 10.2. The number of nitrogens with zero attached hydrogens (tertiary/aromatic N) is 1. The van der Waals surface area contributed by atoms with Crippen LogP contribution in [0.25, 0.3) is 5.76 Å². The normalized spacial score (nSPS) is 13.8. The molecule has 0 unspecified atom stereocenters. The Morgan fingerprint density at radius 3 is 2.35 bits per heavy atom. The van der Waals surface area contributed by atoms with Gasteiger partial charge in [0.25, 0.3) is 0 Å². The molecule has 0 aliphatic carbocycles. The van der Waals surface area contributed by atoms with Gasteiger partial charge in [-0.1, -0.05) is 0 Å². The van der Waals surface area contributed by atoms with Crippen LogP contribution in [-0.2, 0) is 16.0 Å². The van der Waals surface area contributed by atoms with Gasteiger partial charge in [0.15, 0.2) is 9.84 Å². The summed E-state index contributed by atoms with van der Waals surface area (Å²) >= 11 is 0. The summed E-state index contributed by atoms with van der Waals surface area (Å²) in [5.41, 5.74) is -1.23. The van der Waals surface area contributed by atoms with Crippen LogP contribution in [-0.4, -0.2) is 24.8 Å². The highest BCUT2D eigenvalue weighted by atomic mass is 32.2. The second-order valence-corrected chi connectivity index (χ2v) is 5.16. The average Bonchev–Trinajstić information content (AvgIpc) is 2.14. The van der Waals surface area contributed by atoms with Crippen molar-refractivity contribution >= 4 is 15.6 Å². The summed E-state index contributed by atoms with van der Waals surface area (Å²) in [5.74, 6) is -0.659. The van der Waals surface area contributed by atoms with Crippen LogP contribution in [0.15, 0.2) is 23.7 Å². The van der Waals surface area contributed by atoms with E-state index in [4.69, 9.17) is 0 Å². The van der Waals surface area contributed by atoms with Gasteiger partial charge in [0, 0.05) is 18.0 Å². The first-order valence-corrected chi connectivity index (χ1v) is 6.19. The molecule has 1 aromatic rings. The van der Waals surface area contributed by atoms with Gasteiger partial charge >= 0.3 is 6.18 Å². The van der Waals surface area contributed by atoms with Crippen molar-refractivity contribution in [2.75, 3.05) is 6.26 Å². The van der Waals surface area contributed by atoms with E-state index in [0.717, 1.165) is 18.5 Å². The molecule has 0 aromatic carbocycles. The summed E-state index contributed by atoms with van der Waals surface area (Å²) in [7, 11) is -3.57. The largest absolute Gasteiger partial charge is 0.507 e. The molecule has 0 bridgehead atoms. The average molecular weight is 267 g/mol. The Morgan fingerprint density at radius 2 is 2.00 bits per heavy atom. The van der Waals surface area contributed by atoms with E-state index in [1.54, 1.807) is 0 Å². The molecular weight excluding hydrogens is 259 g/mol. The van der Waals surface area contributed by atoms with Gasteiger partial charge in [0.1, 0.15) is 11.5 Å². The number of aromatic nitrogens is 1. The number of aliphatic hydroxyl groups excluding tert-OH is 1. The van der Waals surface area contributed by atoms with Crippen LogP contribution in [0, 0.1) is 0 Å². The van der Waals surface area contributed by atoms with Gasteiger partial charge in [0.05, 0.1) is 5.41 Å². The van der Waals surface area contributed by atoms with E-state index in [2.05, 4.69) is 4.98 Å². The summed E-state index contributed by atoms with van der Waals surface area (Å²) in [5, 5.41) is 9.85. The van der Waals surface area contributed by atoms with Crippen LogP contribution in [0.1, 0.15) is 11.3 Å². The SMILES string of the molecule is CS(=O)(=O)C=C(O)c1ccc(C(F)(F)F)nc1. The number of halogens is 3. The summed E-state index contributed by atoms with van der Waals surface area (Å²) in [6, 6.07) is 1.59. The molecule has 0 fully saturated rings. The first-order chi connectivity index (χ1) is 7.59. The third kappa shape index (κ3) is 4.06. The second-order valence-electron chi connectivity index (χ2n) is 3.26. The number of sulfone groups is 1. The maximum Gasteiger partial charge on any atom is 0.433 e. The van der Waals surface area contributed by atoms with Gasteiger partial charge in [-0.25, -0.2) is 8.42 Å². The van der Waals surface area contributed by atoms with E-state index in [0.29, 0.717) is 11.5 Å². The summed E-state index contributed by atoms with van der Waals surface area (Å²) < 4.78 is 58.1. The maximum atomic E-state index is 12.2. The molecule has 17 heavy (non-hydrogen) atoms. The molecule has 0 amide bonds. The van der Waals surface area contributed by atoms with Crippen molar-refractivity contribution in [3.63, 3.8) is 0 Å². The smallest absolute Gasteiger partial charge is 0.433 e. The Hall–Kier alpha value is -1.57. The number of pyridine rings is 1. The van der Waals surface area contributed by atoms with E-state index in [1.165, 1.54) is 0 Å². The molecule has 0 aliphatic heterocycles. The van der Waals surface area contributed by atoms with E-state index in [1.807, 2.05) is 0 Å². The second kappa shape index (κ2) is 4.36. The fraction of sp³-hybridized carbons (Fsp3) is 0.222. The van der Waals surface area contributed by atoms with Crippen molar-refractivity contribution < 1.29 is 26.7 Å². The zero-order valence-corrected chi connectivity index (χ0v) is 9.38. The van der Waals surface area contributed by atoms with Crippen LogP contribution < -0.4 is 0 Å². The van der Waals surface area contributed by atoms with Crippen molar-refractivity contribution in [1.29, 1.82) is 0 Å². The number of alkyl halides is 3. The van der Waals surface area contributed by atoms with Crippen molar-refractivity contribution in [2.45, 2.75) is 6.18 Å². The first-order valence-electron chi connectivity index (χ1n) is 4.24. The lowest BCUT2D eigenvalue weighted by molar-refractivity contribution is -0.141. The molecule has 0 radical (unpaired) electrons. The number of hydrogen-bond acceptors (Lipinski definition) is 4. The van der Waals surface area contributed by atoms with Gasteiger partial charge < -0.3 is 5.11 Å². The van der Waals surface area contributed by atoms with Crippen LogP contribution in [0.4, 0.5) is 13.2 Å². The van der Waals surface area contributed by atoms with E-state index >= 15 is 0 Å². The molecule has 8 heteroatoms. The fourth-order valence-corrected chi connectivity index (χ4v) is 1.53. The molecule has 1 rings (SSSR count). The molecular formula is C9H8F3NO3S. The zero-order valence-electron chi connectivity index (χ0n) is 8.56. The Labute approximate surface area is 95.3 Å². The summed E-state index contributed by atoms with van der Waals surface area (Å²) in [6.07, 6.45) is -2.98. The van der Waals surface area contributed by atoms with Gasteiger partial charge in [-0.3, -0.25) is 4.98 Å². The minimum absolute atomic E-state index is 0.108. The van der Waals surface area contributed by atoms with E-state index in [9.17, 15) is 26.7 Å². The highest BCUT2D eigenvalue weighted by Crippen LogP contribution is 2.27. The van der Waals surface area contributed by atoms with Crippen molar-refractivity contribution in [3.8, 4) is 0 Å². The molecule has 0 aliphatic rings. The molecule has 1 heterocycles. The quantitative estimate of drug-likeness (QED) is 0.832. The Bertz CT molecular complexity index is 532. The third-order valence-electron chi connectivity index (χ3n) is 1.68. The monoisotopic (exact) mass is 267 g/mol. The van der Waals surface area contributed by atoms with Crippen LogP contribution in [0.3, 0.4) is 0 Å². The predicted molar refractivity (Wildman–Crippen MR) is 54.7 cm³/mol. The minimum Gasteiger partial charge on any atom is -0.507 e. The minimum atomic E-state index is -4.57. The van der Waals surface area contributed by atoms with Gasteiger partial charge in [0.2, 0.25) is 0 Å². The third-order valence-corrected chi connectivity index (χ3v) is 2.33. The lowest BCUT2D eigenvalue weighted by Gasteiger charge is -2.05. The highest BCUT2D eigenvalue weighted by molar-refractivity contribution is 7.93. The van der Waals surface area contributed by atoms with Gasteiger partial charge in [-0.2, -0.15) is 13.2 Å². The molecule has 1 N–H and O–H groups in total. The first kappa shape index (κ1) is 13.5. The van der Waals surface area contributed by atoms with E-state index < -0.39 is 27.5 Å². The van der Waals surface area contributed by atoms with Gasteiger partial charge in [-0.05, 0) is 12.1 Å².